The second-order valence-corrected chi connectivity index (χ2v) is 8.61. The molecular weight excluding hydrogens is 396 g/mol. The van der Waals surface area contributed by atoms with Crippen LogP contribution in [0.25, 0.3) is 10.4 Å². The van der Waals surface area contributed by atoms with Crippen LogP contribution in [0.15, 0.2) is 66.0 Å². The molecule has 1 aliphatic heterocycles. The molecule has 0 aliphatic carbocycles. The summed E-state index contributed by atoms with van der Waals surface area (Å²) in [6.45, 7) is 0.817. The van der Waals surface area contributed by atoms with Crippen molar-refractivity contribution in [3.05, 3.63) is 77.2 Å². The van der Waals surface area contributed by atoms with Crippen molar-refractivity contribution in [1.82, 2.24) is 4.90 Å². The summed E-state index contributed by atoms with van der Waals surface area (Å²) >= 11 is 1.67. The van der Waals surface area contributed by atoms with Crippen LogP contribution >= 0.6 is 11.3 Å². The molecule has 30 heavy (non-hydrogen) atoms. The number of hydrogen-bond acceptors (Lipinski definition) is 4. The van der Waals surface area contributed by atoms with Crippen molar-refractivity contribution in [2.24, 2.45) is 11.1 Å². The maximum atomic E-state index is 13.1. The van der Waals surface area contributed by atoms with E-state index < -0.39 is 5.41 Å². The molecule has 4 rings (SSSR count). The molecule has 0 unspecified atom stereocenters. The van der Waals surface area contributed by atoms with Crippen LogP contribution in [0.5, 0.6) is 5.75 Å². The number of ether oxygens (including phenoxy) is 1. The van der Waals surface area contributed by atoms with Crippen molar-refractivity contribution in [2.45, 2.75) is 12.8 Å². The lowest BCUT2D eigenvalue weighted by Gasteiger charge is -2.27. The highest BCUT2D eigenvalue weighted by atomic mass is 32.1. The maximum absolute atomic E-state index is 13.1. The number of nitrogens with two attached hydrogens (primary N) is 1. The molecule has 3 aromatic rings. The number of hydrogen-bond donors (Lipinski definition) is 1. The van der Waals surface area contributed by atoms with Gasteiger partial charge in [-0.1, -0.05) is 36.4 Å². The number of methoxy groups -OCH3 is 1. The zero-order chi connectivity index (χ0) is 21.1. The van der Waals surface area contributed by atoms with Crippen molar-refractivity contribution in [2.75, 3.05) is 20.2 Å². The van der Waals surface area contributed by atoms with Crippen molar-refractivity contribution < 1.29 is 14.3 Å². The summed E-state index contributed by atoms with van der Waals surface area (Å²) in [7, 11) is 1.57. The minimum absolute atomic E-state index is 0.108. The lowest BCUT2D eigenvalue weighted by molar-refractivity contribution is -0.126. The summed E-state index contributed by atoms with van der Waals surface area (Å²) in [4.78, 5) is 28.5. The smallest absolute Gasteiger partial charge is 0.254 e. The first-order chi connectivity index (χ1) is 14.5. The van der Waals surface area contributed by atoms with Crippen molar-refractivity contribution in [3.63, 3.8) is 0 Å². The third kappa shape index (κ3) is 3.83. The Morgan fingerprint density at radius 2 is 1.97 bits per heavy atom. The van der Waals surface area contributed by atoms with Crippen LogP contribution in [0.3, 0.4) is 0 Å². The standard InChI is InChI=1S/C24H24N2O3S/c1-29-19-8-4-7-17(14-19)22(27)26-12-11-24(16-26,23(25)28)15-18-6-2-3-9-20(18)21-10-5-13-30-21/h2-10,13-14H,11-12,15-16H2,1H3,(H2,25,28)/t24-/m1/s1. The first-order valence-electron chi connectivity index (χ1n) is 9.87. The molecule has 1 atom stereocenters. The van der Waals surface area contributed by atoms with Gasteiger partial charge in [-0.2, -0.15) is 0 Å². The predicted molar refractivity (Wildman–Crippen MR) is 119 cm³/mol. The van der Waals surface area contributed by atoms with Crippen molar-refractivity contribution in [1.29, 1.82) is 0 Å². The highest BCUT2D eigenvalue weighted by Crippen LogP contribution is 2.38. The number of likely N-dealkylation sites (tertiary alicyclic amines) is 1. The van der Waals surface area contributed by atoms with E-state index in [9.17, 15) is 9.59 Å². The quantitative estimate of drug-likeness (QED) is 0.655. The summed E-state index contributed by atoms with van der Waals surface area (Å²) < 4.78 is 5.23. The minimum atomic E-state index is -0.776. The first kappa shape index (κ1) is 20.2. The monoisotopic (exact) mass is 420 g/mol. The van der Waals surface area contributed by atoms with Gasteiger partial charge in [0.2, 0.25) is 5.91 Å². The Balaban J connectivity index is 1.60. The average molecular weight is 421 g/mol. The molecule has 0 radical (unpaired) electrons. The number of rotatable bonds is 6. The van der Waals surface area contributed by atoms with Gasteiger partial charge in [-0.05, 0) is 53.6 Å². The Labute approximate surface area is 180 Å². The number of benzene rings is 2. The Morgan fingerprint density at radius 1 is 1.13 bits per heavy atom. The number of nitrogens with zero attached hydrogens (tertiary/aromatic N) is 1. The molecule has 1 fully saturated rings. The van der Waals surface area contributed by atoms with E-state index in [1.54, 1.807) is 47.6 Å². The molecule has 2 heterocycles. The number of primary amides is 1. The third-order valence-corrected chi connectivity index (χ3v) is 6.72. The fraction of sp³-hybridized carbons (Fsp3) is 0.250. The van der Waals surface area contributed by atoms with Gasteiger partial charge in [-0.15, -0.1) is 11.3 Å². The Bertz CT molecular complexity index is 1060. The summed E-state index contributed by atoms with van der Waals surface area (Å²) in [6, 6.07) is 19.3. The number of carbonyl (C=O) groups excluding carboxylic acids is 2. The largest absolute Gasteiger partial charge is 0.497 e. The Hall–Kier alpha value is -3.12. The van der Waals surface area contributed by atoms with Crippen molar-refractivity contribution >= 4 is 23.2 Å². The predicted octanol–water partition coefficient (Wildman–Crippen LogP) is 3.98. The van der Waals surface area contributed by atoms with Gasteiger partial charge in [-0.25, -0.2) is 0 Å². The summed E-state index contributed by atoms with van der Waals surface area (Å²) in [5, 5.41) is 2.04. The van der Waals surface area contributed by atoms with Crippen LogP contribution < -0.4 is 10.5 Å². The van der Waals surface area contributed by atoms with E-state index in [4.69, 9.17) is 10.5 Å². The van der Waals surface area contributed by atoms with E-state index in [2.05, 4.69) is 12.1 Å². The fourth-order valence-corrected chi connectivity index (χ4v) is 4.92. The molecule has 0 bridgehead atoms. The zero-order valence-electron chi connectivity index (χ0n) is 16.8. The highest BCUT2D eigenvalue weighted by Gasteiger charge is 2.45. The molecule has 6 heteroatoms. The summed E-state index contributed by atoms with van der Waals surface area (Å²) in [6.07, 6.45) is 1.06. The van der Waals surface area contributed by atoms with Crippen LogP contribution in [0.2, 0.25) is 0 Å². The summed E-state index contributed by atoms with van der Waals surface area (Å²) in [5.41, 5.74) is 7.87. The van der Waals surface area contributed by atoms with Gasteiger partial charge in [0.25, 0.3) is 5.91 Å². The molecular formula is C24H24N2O3S. The van der Waals surface area contributed by atoms with Gasteiger partial charge < -0.3 is 15.4 Å². The van der Waals surface area contributed by atoms with Crippen molar-refractivity contribution in [3.8, 4) is 16.2 Å². The topological polar surface area (TPSA) is 72.6 Å². The second kappa shape index (κ2) is 8.32. The lowest BCUT2D eigenvalue weighted by Crippen LogP contribution is -2.42. The van der Waals surface area contributed by atoms with Crippen LogP contribution in [0.4, 0.5) is 0 Å². The molecule has 154 valence electrons. The number of amides is 2. The van der Waals surface area contributed by atoms with E-state index in [0.717, 1.165) is 16.0 Å². The third-order valence-electron chi connectivity index (χ3n) is 5.81. The first-order valence-corrected chi connectivity index (χ1v) is 10.8. The molecule has 5 nitrogen and oxygen atoms in total. The zero-order valence-corrected chi connectivity index (χ0v) is 17.7. The normalized spacial score (nSPS) is 18.4. The van der Waals surface area contributed by atoms with Crippen LogP contribution in [0, 0.1) is 5.41 Å². The molecule has 1 aromatic heterocycles. The Kier molecular flexibility index (Phi) is 5.59. The van der Waals surface area contributed by atoms with E-state index >= 15 is 0 Å². The molecule has 2 N–H and O–H groups in total. The molecule has 1 aliphatic rings. The van der Waals surface area contributed by atoms with Gasteiger partial charge in [0.1, 0.15) is 5.75 Å². The average Bonchev–Trinajstić information content (AvgIpc) is 3.45. The molecule has 0 spiro atoms. The van der Waals surface area contributed by atoms with Crippen LogP contribution in [-0.4, -0.2) is 36.9 Å². The van der Waals surface area contributed by atoms with E-state index in [1.165, 1.54) is 0 Å². The summed E-state index contributed by atoms with van der Waals surface area (Å²) in [5.74, 6) is 0.166. The minimum Gasteiger partial charge on any atom is -0.497 e. The van der Waals surface area contributed by atoms with Gasteiger partial charge in [0.05, 0.1) is 12.5 Å². The number of carbonyl (C=O) groups is 2. The van der Waals surface area contributed by atoms with Crippen LogP contribution in [-0.2, 0) is 11.2 Å². The second-order valence-electron chi connectivity index (χ2n) is 7.66. The van der Waals surface area contributed by atoms with Gasteiger partial charge in [-0.3, -0.25) is 9.59 Å². The van der Waals surface area contributed by atoms with Gasteiger partial charge >= 0.3 is 0 Å². The SMILES string of the molecule is COc1cccc(C(=O)N2CC[C@](Cc3ccccc3-c3cccs3)(C(N)=O)C2)c1. The molecule has 2 aromatic carbocycles. The number of thiophene rings is 1. The highest BCUT2D eigenvalue weighted by molar-refractivity contribution is 7.13. The molecule has 1 saturated heterocycles. The Morgan fingerprint density at radius 3 is 2.70 bits per heavy atom. The van der Waals surface area contributed by atoms with Gasteiger partial charge in [0.15, 0.2) is 0 Å². The van der Waals surface area contributed by atoms with E-state index in [1.807, 2.05) is 29.6 Å². The van der Waals surface area contributed by atoms with Crippen LogP contribution in [0.1, 0.15) is 22.3 Å². The van der Waals surface area contributed by atoms with E-state index in [0.29, 0.717) is 37.2 Å². The van der Waals surface area contributed by atoms with E-state index in [-0.39, 0.29) is 11.8 Å². The molecule has 2 amide bonds. The lowest BCUT2D eigenvalue weighted by atomic mass is 9.79. The van der Waals surface area contributed by atoms with Gasteiger partial charge in [0, 0.05) is 23.5 Å². The maximum Gasteiger partial charge on any atom is 0.254 e. The molecule has 0 saturated carbocycles. The fourth-order valence-electron chi connectivity index (χ4n) is 4.13.